The minimum absolute atomic E-state index is 0.286. The first-order valence-corrected chi connectivity index (χ1v) is 6.47. The lowest BCUT2D eigenvalue weighted by atomic mass is 10.2. The van der Waals surface area contributed by atoms with Crippen LogP contribution >= 0.6 is 11.6 Å². The van der Waals surface area contributed by atoms with E-state index in [9.17, 15) is 13.6 Å². The minimum Gasteiger partial charge on any atom is -0.334 e. The molecule has 19 heavy (non-hydrogen) atoms. The maximum atomic E-state index is 12.7. The zero-order valence-corrected chi connectivity index (χ0v) is 11.1. The van der Waals surface area contributed by atoms with Crippen LogP contribution in [-0.4, -0.2) is 47.3 Å². The third-order valence-corrected chi connectivity index (χ3v) is 3.31. The summed E-state index contributed by atoms with van der Waals surface area (Å²) in [6.07, 6.45) is 0. The predicted molar refractivity (Wildman–Crippen MR) is 69.1 cm³/mol. The average molecular weight is 289 g/mol. The summed E-state index contributed by atoms with van der Waals surface area (Å²) in [6, 6.07) is 9.91. The molecule has 1 aromatic rings. The van der Waals surface area contributed by atoms with Gasteiger partial charge in [-0.1, -0.05) is 30.3 Å². The van der Waals surface area contributed by atoms with Gasteiger partial charge in [0, 0.05) is 32.7 Å². The first-order valence-electron chi connectivity index (χ1n) is 6.09. The molecule has 0 aromatic heterocycles. The van der Waals surface area contributed by atoms with Crippen molar-refractivity contribution in [3.8, 4) is 0 Å². The predicted octanol–water partition coefficient (Wildman–Crippen LogP) is 2.16. The summed E-state index contributed by atoms with van der Waals surface area (Å²) in [7, 11) is 0. The van der Waals surface area contributed by atoms with Crippen molar-refractivity contribution in [3.63, 3.8) is 0 Å². The monoisotopic (exact) mass is 288 g/mol. The topological polar surface area (TPSA) is 23.6 Å². The van der Waals surface area contributed by atoms with Crippen molar-refractivity contribution in [2.24, 2.45) is 0 Å². The van der Waals surface area contributed by atoms with Crippen LogP contribution in [0.2, 0.25) is 0 Å². The van der Waals surface area contributed by atoms with Crippen LogP contribution < -0.4 is 0 Å². The first-order chi connectivity index (χ1) is 8.97. The zero-order valence-electron chi connectivity index (χ0n) is 10.4. The van der Waals surface area contributed by atoms with Crippen molar-refractivity contribution in [1.82, 2.24) is 9.80 Å². The van der Waals surface area contributed by atoms with Crippen LogP contribution in [0.4, 0.5) is 8.78 Å². The largest absolute Gasteiger partial charge is 0.399 e. The molecular formula is C13H15ClF2N2O. The van der Waals surface area contributed by atoms with Gasteiger partial charge in [-0.2, -0.15) is 8.78 Å². The molecule has 1 fully saturated rings. The Morgan fingerprint density at radius 1 is 1.16 bits per heavy atom. The van der Waals surface area contributed by atoms with Gasteiger partial charge in [-0.15, -0.1) is 0 Å². The number of carbonyl (C=O) groups is 1. The van der Waals surface area contributed by atoms with Gasteiger partial charge in [-0.25, -0.2) is 0 Å². The van der Waals surface area contributed by atoms with E-state index in [1.165, 1.54) is 5.56 Å². The smallest absolute Gasteiger partial charge is 0.334 e. The lowest BCUT2D eigenvalue weighted by Gasteiger charge is -2.35. The number of piperazine rings is 1. The molecular weight excluding hydrogens is 274 g/mol. The van der Waals surface area contributed by atoms with E-state index in [1.807, 2.05) is 30.3 Å². The molecule has 1 aliphatic heterocycles. The highest BCUT2D eigenvalue weighted by atomic mass is 35.5. The van der Waals surface area contributed by atoms with Crippen LogP contribution in [0, 0.1) is 0 Å². The van der Waals surface area contributed by atoms with E-state index in [2.05, 4.69) is 4.90 Å². The molecule has 1 saturated heterocycles. The molecule has 1 amide bonds. The zero-order chi connectivity index (χ0) is 13.9. The number of benzene rings is 1. The van der Waals surface area contributed by atoms with Crippen molar-refractivity contribution in [1.29, 1.82) is 0 Å². The van der Waals surface area contributed by atoms with Crippen molar-refractivity contribution in [2.75, 3.05) is 26.2 Å². The van der Waals surface area contributed by atoms with Crippen LogP contribution in [0.3, 0.4) is 0 Å². The minimum atomic E-state index is -3.79. The van der Waals surface area contributed by atoms with E-state index < -0.39 is 11.3 Å². The van der Waals surface area contributed by atoms with Gasteiger partial charge in [0.25, 0.3) is 0 Å². The number of carbonyl (C=O) groups excluding carboxylic acids is 1. The second-order valence-corrected chi connectivity index (χ2v) is 5.03. The molecule has 0 saturated carbocycles. The quantitative estimate of drug-likeness (QED) is 0.796. The molecule has 1 aliphatic rings. The molecule has 1 heterocycles. The van der Waals surface area contributed by atoms with Gasteiger partial charge in [0.2, 0.25) is 0 Å². The van der Waals surface area contributed by atoms with E-state index >= 15 is 0 Å². The van der Waals surface area contributed by atoms with Gasteiger partial charge in [0.1, 0.15) is 0 Å². The maximum absolute atomic E-state index is 12.7. The fourth-order valence-corrected chi connectivity index (χ4v) is 2.25. The highest BCUT2D eigenvalue weighted by molar-refractivity contribution is 6.32. The Balaban J connectivity index is 1.85. The molecule has 6 heteroatoms. The van der Waals surface area contributed by atoms with E-state index in [0.29, 0.717) is 13.1 Å². The summed E-state index contributed by atoms with van der Waals surface area (Å²) in [6.45, 7) is 2.49. The van der Waals surface area contributed by atoms with Crippen LogP contribution in [0.1, 0.15) is 5.56 Å². The third kappa shape index (κ3) is 3.88. The Morgan fingerprint density at radius 3 is 2.26 bits per heavy atom. The van der Waals surface area contributed by atoms with Crippen molar-refractivity contribution in [2.45, 2.75) is 11.9 Å². The molecule has 0 spiro atoms. The van der Waals surface area contributed by atoms with E-state index in [-0.39, 0.29) is 13.1 Å². The normalized spacial score (nSPS) is 17.5. The van der Waals surface area contributed by atoms with Gasteiger partial charge >= 0.3 is 11.3 Å². The van der Waals surface area contributed by atoms with Crippen molar-refractivity contribution in [3.05, 3.63) is 35.9 Å². The van der Waals surface area contributed by atoms with Gasteiger partial charge in [0.15, 0.2) is 0 Å². The highest BCUT2D eigenvalue weighted by Gasteiger charge is 2.40. The van der Waals surface area contributed by atoms with Crippen molar-refractivity contribution >= 4 is 17.5 Å². The molecule has 104 valence electrons. The fraction of sp³-hybridized carbons (Fsp3) is 0.462. The lowest BCUT2D eigenvalue weighted by Crippen LogP contribution is -2.51. The first kappa shape index (κ1) is 14.2. The summed E-state index contributed by atoms with van der Waals surface area (Å²) >= 11 is 4.74. The summed E-state index contributed by atoms with van der Waals surface area (Å²) in [5, 5.41) is -3.79. The SMILES string of the molecule is O=C(N1CCN(Cc2ccccc2)CC1)C(F)(F)Cl. The Kier molecular flexibility index (Phi) is 4.37. The second kappa shape index (κ2) is 5.84. The van der Waals surface area contributed by atoms with Gasteiger partial charge in [0.05, 0.1) is 0 Å². The van der Waals surface area contributed by atoms with E-state index in [1.54, 1.807) is 0 Å². The Hall–Kier alpha value is -1.20. The number of hydrogen-bond acceptors (Lipinski definition) is 2. The number of rotatable bonds is 3. The Morgan fingerprint density at radius 2 is 1.74 bits per heavy atom. The standard InChI is InChI=1S/C13H15ClF2N2O/c14-13(15,16)12(19)18-8-6-17(7-9-18)10-11-4-2-1-3-5-11/h1-5H,6-10H2. The number of halogens is 3. The number of hydrogen-bond donors (Lipinski definition) is 0. The molecule has 0 bridgehead atoms. The summed E-state index contributed by atoms with van der Waals surface area (Å²) in [5.41, 5.74) is 1.17. The summed E-state index contributed by atoms with van der Waals surface area (Å²) in [4.78, 5) is 14.6. The molecule has 1 aromatic carbocycles. The second-order valence-electron chi connectivity index (χ2n) is 4.55. The lowest BCUT2D eigenvalue weighted by molar-refractivity contribution is -0.148. The molecule has 2 rings (SSSR count). The van der Waals surface area contributed by atoms with E-state index in [4.69, 9.17) is 11.6 Å². The van der Waals surface area contributed by atoms with Gasteiger partial charge in [-0.3, -0.25) is 9.69 Å². The molecule has 0 N–H and O–H groups in total. The van der Waals surface area contributed by atoms with Crippen LogP contribution in [0.5, 0.6) is 0 Å². The van der Waals surface area contributed by atoms with Crippen molar-refractivity contribution < 1.29 is 13.6 Å². The van der Waals surface area contributed by atoms with Crippen LogP contribution in [0.25, 0.3) is 0 Å². The molecule has 0 atom stereocenters. The summed E-state index contributed by atoms with van der Waals surface area (Å²) in [5.74, 6) is -1.30. The highest BCUT2D eigenvalue weighted by Crippen LogP contribution is 2.22. The molecule has 0 radical (unpaired) electrons. The third-order valence-electron chi connectivity index (χ3n) is 3.15. The van der Waals surface area contributed by atoms with Gasteiger partial charge in [-0.05, 0) is 17.2 Å². The maximum Gasteiger partial charge on any atom is 0.399 e. The molecule has 0 unspecified atom stereocenters. The summed E-state index contributed by atoms with van der Waals surface area (Å²) < 4.78 is 25.4. The van der Waals surface area contributed by atoms with Crippen LogP contribution in [0.15, 0.2) is 30.3 Å². The number of nitrogens with zero attached hydrogens (tertiary/aromatic N) is 2. The number of amides is 1. The molecule has 3 nitrogen and oxygen atoms in total. The van der Waals surface area contributed by atoms with E-state index in [0.717, 1.165) is 11.4 Å². The Labute approximate surface area is 115 Å². The Bertz CT molecular complexity index is 428. The molecule has 0 aliphatic carbocycles. The van der Waals surface area contributed by atoms with Gasteiger partial charge < -0.3 is 4.90 Å². The number of alkyl halides is 3. The van der Waals surface area contributed by atoms with Crippen LogP contribution in [-0.2, 0) is 11.3 Å². The average Bonchev–Trinajstić information content (AvgIpc) is 2.39. The fourth-order valence-electron chi connectivity index (χ4n) is 2.13.